The van der Waals surface area contributed by atoms with Gasteiger partial charge in [0.1, 0.15) is 5.69 Å². The number of nitrogens with two attached hydrogens (primary N) is 1. The molecule has 1 amide bonds. The maximum Gasteiger partial charge on any atom is 0.355 e. The molecule has 0 saturated carbocycles. The number of nitrogen functional groups attached to an aromatic ring is 1. The molecule has 1 unspecified atom stereocenters. The van der Waals surface area contributed by atoms with Gasteiger partial charge in [-0.1, -0.05) is 13.8 Å². The van der Waals surface area contributed by atoms with E-state index in [0.717, 1.165) is 0 Å². The molecule has 118 valence electrons. The lowest BCUT2D eigenvalue weighted by Crippen LogP contribution is -2.37. The van der Waals surface area contributed by atoms with Crippen molar-refractivity contribution >= 4 is 17.6 Å². The first-order valence-electron chi connectivity index (χ1n) is 7.18. The van der Waals surface area contributed by atoms with Gasteiger partial charge in [-0.3, -0.25) is 4.79 Å². The lowest BCUT2D eigenvalue weighted by atomic mass is 10.2. The van der Waals surface area contributed by atoms with Crippen LogP contribution in [0.25, 0.3) is 0 Å². The van der Waals surface area contributed by atoms with Crippen LogP contribution < -0.4 is 11.1 Å². The molecule has 0 aliphatic rings. The normalized spacial score (nSPS) is 12.5. The molecule has 1 rings (SSSR count). The number of rotatable bonds is 6. The number of nitrogens with one attached hydrogen (secondary N) is 1. The lowest BCUT2D eigenvalue weighted by Gasteiger charge is -2.16. The highest BCUT2D eigenvalue weighted by Gasteiger charge is 2.22. The van der Waals surface area contributed by atoms with Gasteiger partial charge in [-0.15, -0.1) is 0 Å². The van der Waals surface area contributed by atoms with Gasteiger partial charge in [0.15, 0.2) is 6.10 Å². The molecular weight excluding hydrogens is 270 g/mol. The Bertz CT molecular complexity index is 506. The summed E-state index contributed by atoms with van der Waals surface area (Å²) in [6.45, 7) is 9.98. The third-order valence-electron chi connectivity index (χ3n) is 2.97. The van der Waals surface area contributed by atoms with E-state index in [-0.39, 0.29) is 11.9 Å². The van der Waals surface area contributed by atoms with Crippen molar-refractivity contribution in [3.63, 3.8) is 0 Å². The van der Waals surface area contributed by atoms with Crippen molar-refractivity contribution in [3.8, 4) is 0 Å². The average Bonchev–Trinajstić information content (AvgIpc) is 2.78. The zero-order valence-electron chi connectivity index (χ0n) is 13.3. The number of aromatic nitrogens is 1. The van der Waals surface area contributed by atoms with Crippen LogP contribution in [0.15, 0.2) is 12.3 Å². The van der Waals surface area contributed by atoms with Crippen molar-refractivity contribution in [2.24, 2.45) is 5.92 Å². The van der Waals surface area contributed by atoms with Crippen molar-refractivity contribution in [2.75, 3.05) is 12.3 Å². The zero-order valence-corrected chi connectivity index (χ0v) is 13.3. The van der Waals surface area contributed by atoms with Crippen LogP contribution in [0.2, 0.25) is 0 Å². The summed E-state index contributed by atoms with van der Waals surface area (Å²) in [5, 5.41) is 2.73. The Kier molecular flexibility index (Phi) is 5.81. The van der Waals surface area contributed by atoms with E-state index in [2.05, 4.69) is 5.32 Å². The quantitative estimate of drug-likeness (QED) is 0.786. The second-order valence-corrected chi connectivity index (χ2v) is 5.85. The van der Waals surface area contributed by atoms with E-state index < -0.39 is 12.1 Å². The van der Waals surface area contributed by atoms with Crippen LogP contribution in [0.1, 0.15) is 51.1 Å². The molecule has 0 aliphatic carbocycles. The number of ether oxygens (including phenoxy) is 1. The van der Waals surface area contributed by atoms with E-state index in [1.165, 1.54) is 0 Å². The second kappa shape index (κ2) is 7.15. The highest BCUT2D eigenvalue weighted by atomic mass is 16.5. The molecule has 1 atom stereocenters. The highest BCUT2D eigenvalue weighted by molar-refractivity contribution is 5.92. The van der Waals surface area contributed by atoms with Gasteiger partial charge in [0, 0.05) is 18.8 Å². The molecule has 0 saturated heterocycles. The number of carbonyl (C=O) groups is 2. The van der Waals surface area contributed by atoms with E-state index in [9.17, 15) is 9.59 Å². The Balaban J connectivity index is 2.70. The average molecular weight is 295 g/mol. The number of nitrogens with zero attached hydrogens (tertiary/aromatic N) is 1. The molecule has 3 N–H and O–H groups in total. The van der Waals surface area contributed by atoms with Gasteiger partial charge in [0.2, 0.25) is 0 Å². The molecule has 0 aliphatic heterocycles. The SMILES string of the molecule is CC(C)CNC(=O)C(C)OC(=O)c1cc(N)cn1C(C)C. The Hall–Kier alpha value is -1.98. The predicted octanol–water partition coefficient (Wildman–Crippen LogP) is 1.97. The summed E-state index contributed by atoms with van der Waals surface area (Å²) < 4.78 is 6.94. The summed E-state index contributed by atoms with van der Waals surface area (Å²) in [4.78, 5) is 24.0. The van der Waals surface area contributed by atoms with Crippen LogP contribution in [-0.4, -0.2) is 29.1 Å². The molecule has 0 aromatic carbocycles. The minimum atomic E-state index is -0.840. The minimum Gasteiger partial charge on any atom is -0.448 e. The van der Waals surface area contributed by atoms with Gasteiger partial charge in [-0.25, -0.2) is 4.79 Å². The summed E-state index contributed by atoms with van der Waals surface area (Å²) in [7, 11) is 0. The number of esters is 1. The van der Waals surface area contributed by atoms with Crippen LogP contribution in [-0.2, 0) is 9.53 Å². The number of anilines is 1. The molecule has 1 heterocycles. The van der Waals surface area contributed by atoms with Crippen molar-refractivity contribution in [1.29, 1.82) is 0 Å². The van der Waals surface area contributed by atoms with Crippen molar-refractivity contribution in [2.45, 2.75) is 46.8 Å². The van der Waals surface area contributed by atoms with E-state index in [1.807, 2.05) is 27.7 Å². The van der Waals surface area contributed by atoms with Crippen molar-refractivity contribution < 1.29 is 14.3 Å². The maximum absolute atomic E-state index is 12.2. The van der Waals surface area contributed by atoms with Gasteiger partial charge >= 0.3 is 5.97 Å². The third-order valence-corrected chi connectivity index (χ3v) is 2.97. The van der Waals surface area contributed by atoms with Gasteiger partial charge < -0.3 is 20.4 Å². The molecular formula is C15H25N3O3. The van der Waals surface area contributed by atoms with Gasteiger partial charge in [0.25, 0.3) is 5.91 Å². The first-order valence-corrected chi connectivity index (χ1v) is 7.18. The van der Waals surface area contributed by atoms with Gasteiger partial charge in [0.05, 0.1) is 5.69 Å². The fourth-order valence-electron chi connectivity index (χ4n) is 1.81. The summed E-state index contributed by atoms with van der Waals surface area (Å²) in [5.41, 5.74) is 6.56. The maximum atomic E-state index is 12.2. The fraction of sp³-hybridized carbons (Fsp3) is 0.600. The topological polar surface area (TPSA) is 86.3 Å². The number of amides is 1. The van der Waals surface area contributed by atoms with Crippen LogP contribution in [0.4, 0.5) is 5.69 Å². The smallest absolute Gasteiger partial charge is 0.355 e. The van der Waals surface area contributed by atoms with Gasteiger partial charge in [-0.05, 0) is 32.8 Å². The second-order valence-electron chi connectivity index (χ2n) is 5.85. The van der Waals surface area contributed by atoms with Crippen molar-refractivity contribution in [1.82, 2.24) is 9.88 Å². The summed E-state index contributed by atoms with van der Waals surface area (Å²) in [6.07, 6.45) is 0.845. The first-order chi connectivity index (χ1) is 9.72. The van der Waals surface area contributed by atoms with Crippen LogP contribution >= 0.6 is 0 Å². The van der Waals surface area contributed by atoms with E-state index in [4.69, 9.17) is 10.5 Å². The molecule has 0 spiro atoms. The Morgan fingerprint density at radius 2 is 1.90 bits per heavy atom. The molecule has 0 radical (unpaired) electrons. The van der Waals surface area contributed by atoms with E-state index in [1.54, 1.807) is 23.8 Å². The molecule has 1 aromatic rings. The Morgan fingerprint density at radius 1 is 1.29 bits per heavy atom. The van der Waals surface area contributed by atoms with Crippen LogP contribution in [0.5, 0.6) is 0 Å². The third kappa shape index (κ3) is 4.81. The predicted molar refractivity (Wildman–Crippen MR) is 82.0 cm³/mol. The fourth-order valence-corrected chi connectivity index (χ4v) is 1.81. The number of carbonyl (C=O) groups excluding carboxylic acids is 2. The van der Waals surface area contributed by atoms with Crippen LogP contribution in [0, 0.1) is 5.92 Å². The van der Waals surface area contributed by atoms with Crippen LogP contribution in [0.3, 0.4) is 0 Å². The summed E-state index contributed by atoms with van der Waals surface area (Å²) >= 11 is 0. The molecule has 0 fully saturated rings. The largest absolute Gasteiger partial charge is 0.448 e. The zero-order chi connectivity index (χ0) is 16.2. The molecule has 0 bridgehead atoms. The standard InChI is InChI=1S/C15H25N3O3/c1-9(2)7-17-14(19)11(5)21-15(20)13-6-12(16)8-18(13)10(3)4/h6,8-11H,7,16H2,1-5H3,(H,17,19). The molecule has 1 aromatic heterocycles. The molecule has 6 nitrogen and oxygen atoms in total. The summed E-state index contributed by atoms with van der Waals surface area (Å²) in [5.74, 6) is -0.505. The number of hydrogen-bond donors (Lipinski definition) is 2. The summed E-state index contributed by atoms with van der Waals surface area (Å²) in [6, 6.07) is 1.64. The van der Waals surface area contributed by atoms with Gasteiger partial charge in [-0.2, -0.15) is 0 Å². The minimum absolute atomic E-state index is 0.0786. The van der Waals surface area contributed by atoms with E-state index in [0.29, 0.717) is 23.8 Å². The Labute approximate surface area is 125 Å². The Morgan fingerprint density at radius 3 is 2.43 bits per heavy atom. The first kappa shape index (κ1) is 17.1. The molecule has 6 heteroatoms. The lowest BCUT2D eigenvalue weighted by molar-refractivity contribution is -0.129. The van der Waals surface area contributed by atoms with E-state index >= 15 is 0 Å². The number of hydrogen-bond acceptors (Lipinski definition) is 4. The van der Waals surface area contributed by atoms with Crippen molar-refractivity contribution in [3.05, 3.63) is 18.0 Å². The highest BCUT2D eigenvalue weighted by Crippen LogP contribution is 2.17. The monoisotopic (exact) mass is 295 g/mol. The molecule has 21 heavy (non-hydrogen) atoms.